The number of hydrogen-bond donors (Lipinski definition) is 3. The zero-order valence-electron chi connectivity index (χ0n) is 11.8. The van der Waals surface area contributed by atoms with Gasteiger partial charge in [-0.05, 0) is 38.1 Å². The molecule has 0 fully saturated rings. The molecule has 5 nitrogen and oxygen atoms in total. The highest BCUT2D eigenvalue weighted by Crippen LogP contribution is 2.22. The van der Waals surface area contributed by atoms with E-state index in [2.05, 4.69) is 10.5 Å². The van der Waals surface area contributed by atoms with E-state index in [1.165, 1.54) is 4.88 Å². The van der Waals surface area contributed by atoms with Crippen LogP contribution in [0.2, 0.25) is 0 Å². The van der Waals surface area contributed by atoms with Gasteiger partial charge in [0.2, 0.25) is 0 Å². The minimum Gasteiger partial charge on any atom is -0.409 e. The van der Waals surface area contributed by atoms with Crippen LogP contribution < -0.4 is 11.1 Å². The number of aryl methyl sites for hydroxylation is 1. The lowest BCUT2D eigenvalue weighted by atomic mass is 10.1. The number of benzene rings is 1. The normalized spacial score (nSPS) is 13.0. The Morgan fingerprint density at radius 2 is 2.05 bits per heavy atom. The van der Waals surface area contributed by atoms with Gasteiger partial charge in [-0.1, -0.05) is 17.3 Å². The summed E-state index contributed by atoms with van der Waals surface area (Å²) in [6.45, 7) is 3.97. The van der Waals surface area contributed by atoms with Crippen molar-refractivity contribution in [3.8, 4) is 0 Å². The van der Waals surface area contributed by atoms with E-state index in [0.717, 1.165) is 4.88 Å². The fraction of sp³-hybridized carbons (Fsp3) is 0.200. The third-order valence-electron chi connectivity index (χ3n) is 3.06. The standard InChI is InChI=1S/C15H17N3O2S/c1-9-6-7-13(21-9)10(2)17-15(19)12-5-3-4-11(8-12)14(16)18-20/h3-8,10,20H,1-2H3,(H2,16,18)(H,17,19). The van der Waals surface area contributed by atoms with Crippen LogP contribution in [0.25, 0.3) is 0 Å². The van der Waals surface area contributed by atoms with E-state index in [0.29, 0.717) is 11.1 Å². The molecule has 1 aromatic carbocycles. The van der Waals surface area contributed by atoms with Gasteiger partial charge in [0.25, 0.3) is 5.91 Å². The van der Waals surface area contributed by atoms with E-state index >= 15 is 0 Å². The summed E-state index contributed by atoms with van der Waals surface area (Å²) >= 11 is 1.66. The summed E-state index contributed by atoms with van der Waals surface area (Å²) < 4.78 is 0. The van der Waals surface area contributed by atoms with Crippen molar-refractivity contribution in [3.63, 3.8) is 0 Å². The molecule has 0 aliphatic rings. The van der Waals surface area contributed by atoms with Crippen molar-refractivity contribution >= 4 is 23.1 Å². The molecule has 0 radical (unpaired) electrons. The summed E-state index contributed by atoms with van der Waals surface area (Å²) in [5, 5.41) is 14.6. The molecular formula is C15H17N3O2S. The molecule has 0 aliphatic heterocycles. The second-order valence-corrected chi connectivity index (χ2v) is 6.03. The molecule has 0 aliphatic carbocycles. The maximum absolute atomic E-state index is 12.2. The van der Waals surface area contributed by atoms with Gasteiger partial charge in [-0.15, -0.1) is 11.3 Å². The predicted molar refractivity (Wildman–Crippen MR) is 83.9 cm³/mol. The fourth-order valence-electron chi connectivity index (χ4n) is 1.91. The van der Waals surface area contributed by atoms with Crippen molar-refractivity contribution in [1.29, 1.82) is 0 Å². The van der Waals surface area contributed by atoms with Gasteiger partial charge >= 0.3 is 0 Å². The molecule has 1 atom stereocenters. The van der Waals surface area contributed by atoms with Crippen molar-refractivity contribution in [3.05, 3.63) is 57.3 Å². The minimum absolute atomic E-state index is 0.0217. The Morgan fingerprint density at radius 1 is 1.33 bits per heavy atom. The van der Waals surface area contributed by atoms with Crippen molar-refractivity contribution in [2.24, 2.45) is 10.9 Å². The largest absolute Gasteiger partial charge is 0.409 e. The van der Waals surface area contributed by atoms with Crippen molar-refractivity contribution in [2.45, 2.75) is 19.9 Å². The minimum atomic E-state index is -0.193. The highest BCUT2D eigenvalue weighted by Gasteiger charge is 2.13. The second-order valence-electron chi connectivity index (χ2n) is 4.71. The predicted octanol–water partition coefficient (Wildman–Crippen LogP) is 2.64. The lowest BCUT2D eigenvalue weighted by Gasteiger charge is -2.12. The number of amidine groups is 1. The summed E-state index contributed by atoms with van der Waals surface area (Å²) in [5.74, 6) is -0.215. The summed E-state index contributed by atoms with van der Waals surface area (Å²) in [5.41, 5.74) is 6.50. The number of nitrogens with one attached hydrogen (secondary N) is 1. The third kappa shape index (κ3) is 3.61. The van der Waals surface area contributed by atoms with Crippen LogP contribution in [-0.4, -0.2) is 17.0 Å². The number of hydrogen-bond acceptors (Lipinski definition) is 4. The molecule has 6 heteroatoms. The van der Waals surface area contributed by atoms with Crippen LogP contribution in [0.3, 0.4) is 0 Å². The Bertz CT molecular complexity index is 679. The quantitative estimate of drug-likeness (QED) is 0.351. The Morgan fingerprint density at radius 3 is 2.67 bits per heavy atom. The van der Waals surface area contributed by atoms with Crippen molar-refractivity contribution in [2.75, 3.05) is 0 Å². The molecular weight excluding hydrogens is 286 g/mol. The highest BCUT2D eigenvalue weighted by molar-refractivity contribution is 7.12. The number of nitrogens with zero attached hydrogens (tertiary/aromatic N) is 1. The van der Waals surface area contributed by atoms with Gasteiger partial charge in [0.1, 0.15) is 0 Å². The number of nitrogens with two attached hydrogens (primary N) is 1. The van der Waals surface area contributed by atoms with E-state index in [1.54, 1.807) is 35.6 Å². The van der Waals surface area contributed by atoms with Crippen LogP contribution in [0.15, 0.2) is 41.6 Å². The van der Waals surface area contributed by atoms with E-state index in [4.69, 9.17) is 10.9 Å². The van der Waals surface area contributed by atoms with Crippen LogP contribution in [0.5, 0.6) is 0 Å². The van der Waals surface area contributed by atoms with Gasteiger partial charge in [-0.3, -0.25) is 4.79 Å². The average Bonchev–Trinajstić information content (AvgIpc) is 2.93. The molecule has 4 N–H and O–H groups in total. The van der Waals surface area contributed by atoms with Gasteiger partial charge in [0.15, 0.2) is 5.84 Å². The Hall–Kier alpha value is -2.34. The molecule has 2 rings (SSSR count). The first-order chi connectivity index (χ1) is 10.0. The lowest BCUT2D eigenvalue weighted by molar-refractivity contribution is 0.0940. The van der Waals surface area contributed by atoms with Crippen LogP contribution in [-0.2, 0) is 0 Å². The molecule has 0 spiro atoms. The monoisotopic (exact) mass is 303 g/mol. The molecule has 0 saturated heterocycles. The van der Waals surface area contributed by atoms with Crippen molar-refractivity contribution in [1.82, 2.24) is 5.32 Å². The molecule has 1 amide bonds. The number of rotatable bonds is 4. The zero-order chi connectivity index (χ0) is 15.4. The zero-order valence-corrected chi connectivity index (χ0v) is 12.6. The molecule has 1 unspecified atom stereocenters. The topological polar surface area (TPSA) is 87.7 Å². The molecule has 1 aromatic heterocycles. The summed E-state index contributed by atoms with van der Waals surface area (Å²) in [6.07, 6.45) is 0. The maximum Gasteiger partial charge on any atom is 0.251 e. The van der Waals surface area contributed by atoms with Crippen LogP contribution in [0.4, 0.5) is 0 Å². The second kappa shape index (κ2) is 6.41. The van der Waals surface area contributed by atoms with Crippen LogP contribution >= 0.6 is 11.3 Å². The average molecular weight is 303 g/mol. The SMILES string of the molecule is Cc1ccc(C(C)NC(=O)c2cccc(C(N)=NO)c2)s1. The fourth-order valence-corrected chi connectivity index (χ4v) is 2.79. The van der Waals surface area contributed by atoms with Crippen LogP contribution in [0, 0.1) is 6.92 Å². The van der Waals surface area contributed by atoms with Crippen LogP contribution in [0.1, 0.15) is 38.6 Å². The number of amides is 1. The van der Waals surface area contributed by atoms with E-state index in [-0.39, 0.29) is 17.8 Å². The molecule has 2 aromatic rings. The number of carbonyl (C=O) groups excluding carboxylic acids is 1. The van der Waals surface area contributed by atoms with E-state index < -0.39 is 0 Å². The van der Waals surface area contributed by atoms with Gasteiger partial charge in [0.05, 0.1) is 6.04 Å². The number of oxime groups is 1. The Kier molecular flexibility index (Phi) is 4.59. The Balaban J connectivity index is 2.13. The first-order valence-corrected chi connectivity index (χ1v) is 7.28. The molecule has 0 bridgehead atoms. The maximum atomic E-state index is 12.2. The first-order valence-electron chi connectivity index (χ1n) is 6.46. The molecule has 110 valence electrons. The molecule has 0 saturated carbocycles. The van der Waals surface area contributed by atoms with Crippen molar-refractivity contribution < 1.29 is 10.0 Å². The smallest absolute Gasteiger partial charge is 0.251 e. The number of carbonyl (C=O) groups is 1. The molecule has 1 heterocycles. The summed E-state index contributed by atoms with van der Waals surface area (Å²) in [4.78, 5) is 14.6. The summed E-state index contributed by atoms with van der Waals surface area (Å²) in [6, 6.07) is 10.6. The highest BCUT2D eigenvalue weighted by atomic mass is 32.1. The van der Waals surface area contributed by atoms with E-state index in [9.17, 15) is 4.79 Å². The first kappa shape index (κ1) is 15.1. The number of thiophene rings is 1. The van der Waals surface area contributed by atoms with Gasteiger partial charge in [-0.25, -0.2) is 0 Å². The van der Waals surface area contributed by atoms with Gasteiger partial charge in [-0.2, -0.15) is 0 Å². The summed E-state index contributed by atoms with van der Waals surface area (Å²) in [7, 11) is 0. The van der Waals surface area contributed by atoms with Gasteiger partial charge in [0, 0.05) is 20.9 Å². The lowest BCUT2D eigenvalue weighted by Crippen LogP contribution is -2.26. The third-order valence-corrected chi connectivity index (χ3v) is 4.25. The van der Waals surface area contributed by atoms with E-state index in [1.807, 2.05) is 26.0 Å². The molecule has 21 heavy (non-hydrogen) atoms. The van der Waals surface area contributed by atoms with Gasteiger partial charge < -0.3 is 16.3 Å². The Labute approximate surface area is 127 Å².